The van der Waals surface area contributed by atoms with Crippen molar-refractivity contribution in [2.24, 2.45) is 4.99 Å². The zero-order chi connectivity index (χ0) is 18.9. The first-order chi connectivity index (χ1) is 13.2. The predicted octanol–water partition coefficient (Wildman–Crippen LogP) is 3.94. The van der Waals surface area contributed by atoms with Crippen molar-refractivity contribution >= 4 is 29.9 Å². The molecule has 148 valence electrons. The molecule has 0 atom stereocenters. The van der Waals surface area contributed by atoms with Crippen molar-refractivity contribution in [3.8, 4) is 0 Å². The molecular weight excluding hydrogens is 468 g/mol. The van der Waals surface area contributed by atoms with Gasteiger partial charge in [-0.15, -0.1) is 24.0 Å². The molecule has 28 heavy (non-hydrogen) atoms. The van der Waals surface area contributed by atoms with E-state index in [9.17, 15) is 4.39 Å². The van der Waals surface area contributed by atoms with Crippen LogP contribution < -0.4 is 10.6 Å². The lowest BCUT2D eigenvalue weighted by Gasteiger charge is -2.12. The van der Waals surface area contributed by atoms with Crippen LogP contribution in [0.3, 0.4) is 0 Å². The highest BCUT2D eigenvalue weighted by atomic mass is 127. The van der Waals surface area contributed by atoms with E-state index in [1.165, 1.54) is 23.3 Å². The molecule has 0 aliphatic rings. The summed E-state index contributed by atoms with van der Waals surface area (Å²) in [6, 6.07) is 15.0. The number of halogens is 2. The number of guanidine groups is 1. The monoisotopic (exact) mass is 493 g/mol. The number of nitrogens with one attached hydrogen (secondary N) is 2. The van der Waals surface area contributed by atoms with E-state index in [-0.39, 0.29) is 29.8 Å². The summed E-state index contributed by atoms with van der Waals surface area (Å²) in [6.07, 6.45) is 5.55. The first kappa shape index (κ1) is 21.9. The van der Waals surface area contributed by atoms with Gasteiger partial charge in [-0.05, 0) is 35.7 Å². The fourth-order valence-electron chi connectivity index (χ4n) is 2.69. The first-order valence-corrected chi connectivity index (χ1v) is 9.03. The van der Waals surface area contributed by atoms with Gasteiger partial charge in [-0.25, -0.2) is 14.4 Å². The van der Waals surface area contributed by atoms with Gasteiger partial charge in [0.15, 0.2) is 5.96 Å². The maximum absolute atomic E-state index is 13.3. The Kier molecular flexibility index (Phi) is 8.93. The summed E-state index contributed by atoms with van der Waals surface area (Å²) in [5.41, 5.74) is 3.24. The normalized spacial score (nSPS) is 11.0. The molecule has 0 spiro atoms. The number of imidazole rings is 1. The van der Waals surface area contributed by atoms with E-state index in [1.54, 1.807) is 12.3 Å². The Balaban J connectivity index is 0.00000280. The van der Waals surface area contributed by atoms with Crippen molar-refractivity contribution in [2.75, 3.05) is 6.54 Å². The van der Waals surface area contributed by atoms with Crippen molar-refractivity contribution in [1.82, 2.24) is 20.2 Å². The molecule has 2 N–H and O–H groups in total. The van der Waals surface area contributed by atoms with Gasteiger partial charge in [-0.3, -0.25) is 0 Å². The molecule has 0 aliphatic carbocycles. The molecule has 0 fully saturated rings. The standard InChI is InChI=1S/C21H24FN5.HI/c1-2-24-21(26-14-19-4-3-5-20(22)12-19)25-13-17-6-8-18(9-7-17)15-27-11-10-23-16-27;/h3-12,16H,2,13-15H2,1H3,(H2,24,25,26);1H. The third-order valence-electron chi connectivity index (χ3n) is 4.06. The van der Waals surface area contributed by atoms with E-state index in [4.69, 9.17) is 0 Å². The van der Waals surface area contributed by atoms with E-state index in [2.05, 4.69) is 44.9 Å². The second-order valence-electron chi connectivity index (χ2n) is 6.23. The van der Waals surface area contributed by atoms with Gasteiger partial charge >= 0.3 is 0 Å². The Bertz CT molecular complexity index is 863. The molecule has 0 bridgehead atoms. The second kappa shape index (κ2) is 11.4. The third-order valence-corrected chi connectivity index (χ3v) is 4.06. The lowest BCUT2D eigenvalue weighted by Crippen LogP contribution is -2.36. The number of benzene rings is 2. The lowest BCUT2D eigenvalue weighted by atomic mass is 10.1. The summed E-state index contributed by atoms with van der Waals surface area (Å²) in [5.74, 6) is 0.473. The number of aromatic nitrogens is 2. The SMILES string of the molecule is CCNC(=NCc1cccc(F)c1)NCc1ccc(Cn2ccnc2)cc1.I. The average molecular weight is 493 g/mol. The van der Waals surface area contributed by atoms with Crippen LogP contribution in [0.25, 0.3) is 0 Å². The predicted molar refractivity (Wildman–Crippen MR) is 121 cm³/mol. The van der Waals surface area contributed by atoms with Crippen molar-refractivity contribution in [3.05, 3.63) is 89.8 Å². The van der Waals surface area contributed by atoms with E-state index in [0.29, 0.717) is 19.0 Å². The van der Waals surface area contributed by atoms with Crippen molar-refractivity contribution in [2.45, 2.75) is 26.6 Å². The van der Waals surface area contributed by atoms with Crippen molar-refractivity contribution < 1.29 is 4.39 Å². The molecule has 0 aliphatic heterocycles. The number of rotatable bonds is 7. The average Bonchev–Trinajstić information content (AvgIpc) is 3.18. The van der Waals surface area contributed by atoms with Crippen LogP contribution in [0.5, 0.6) is 0 Å². The zero-order valence-corrected chi connectivity index (χ0v) is 18.1. The van der Waals surface area contributed by atoms with E-state index in [1.807, 2.05) is 30.1 Å². The zero-order valence-electron chi connectivity index (χ0n) is 15.8. The van der Waals surface area contributed by atoms with Crippen LogP contribution >= 0.6 is 24.0 Å². The molecular formula is C21H25FIN5. The molecule has 1 aromatic heterocycles. The van der Waals surface area contributed by atoms with Crippen molar-refractivity contribution in [1.29, 1.82) is 0 Å². The minimum absolute atomic E-state index is 0. The molecule has 0 amide bonds. The van der Waals surface area contributed by atoms with Crippen LogP contribution in [0.1, 0.15) is 23.6 Å². The summed E-state index contributed by atoms with van der Waals surface area (Å²) < 4.78 is 15.3. The minimum atomic E-state index is -0.239. The molecule has 5 nitrogen and oxygen atoms in total. The second-order valence-corrected chi connectivity index (χ2v) is 6.23. The van der Waals surface area contributed by atoms with Gasteiger partial charge in [0.1, 0.15) is 5.82 Å². The number of hydrogen-bond donors (Lipinski definition) is 2. The minimum Gasteiger partial charge on any atom is -0.357 e. The molecule has 1 heterocycles. The summed E-state index contributed by atoms with van der Waals surface area (Å²) in [5, 5.41) is 6.53. The molecule has 3 rings (SSSR count). The van der Waals surface area contributed by atoms with E-state index >= 15 is 0 Å². The molecule has 0 unspecified atom stereocenters. The van der Waals surface area contributed by atoms with E-state index < -0.39 is 0 Å². The lowest BCUT2D eigenvalue weighted by molar-refractivity contribution is 0.625. The first-order valence-electron chi connectivity index (χ1n) is 9.03. The maximum atomic E-state index is 13.3. The van der Waals surface area contributed by atoms with Gasteiger partial charge in [0.25, 0.3) is 0 Å². The number of aliphatic imine (C=N–C) groups is 1. The number of hydrogen-bond acceptors (Lipinski definition) is 2. The Hall–Kier alpha value is -2.42. The largest absolute Gasteiger partial charge is 0.357 e. The summed E-state index contributed by atoms with van der Waals surface area (Å²) in [4.78, 5) is 8.58. The highest BCUT2D eigenvalue weighted by molar-refractivity contribution is 14.0. The Morgan fingerprint density at radius 3 is 2.54 bits per heavy atom. The van der Waals surface area contributed by atoms with Gasteiger partial charge in [0.2, 0.25) is 0 Å². The molecule has 2 aromatic carbocycles. The fraction of sp³-hybridized carbons (Fsp3) is 0.238. The summed E-state index contributed by atoms with van der Waals surface area (Å²) in [6.45, 7) is 4.69. The highest BCUT2D eigenvalue weighted by Gasteiger charge is 2.01. The molecule has 0 radical (unpaired) electrons. The van der Waals surface area contributed by atoms with Crippen LogP contribution in [0.2, 0.25) is 0 Å². The Labute approximate surface area is 182 Å². The Morgan fingerprint density at radius 1 is 1.07 bits per heavy atom. The van der Waals surface area contributed by atoms with Gasteiger partial charge in [0, 0.05) is 32.0 Å². The molecule has 3 aromatic rings. The molecule has 0 saturated carbocycles. The molecule has 0 saturated heterocycles. The van der Waals surface area contributed by atoms with Gasteiger partial charge < -0.3 is 15.2 Å². The Morgan fingerprint density at radius 2 is 1.86 bits per heavy atom. The van der Waals surface area contributed by atoms with Crippen LogP contribution in [-0.4, -0.2) is 22.1 Å². The van der Waals surface area contributed by atoms with Crippen LogP contribution in [0.4, 0.5) is 4.39 Å². The highest BCUT2D eigenvalue weighted by Crippen LogP contribution is 2.07. The summed E-state index contributed by atoms with van der Waals surface area (Å²) >= 11 is 0. The van der Waals surface area contributed by atoms with E-state index in [0.717, 1.165) is 18.7 Å². The summed E-state index contributed by atoms with van der Waals surface area (Å²) in [7, 11) is 0. The topological polar surface area (TPSA) is 54.2 Å². The van der Waals surface area contributed by atoms with Crippen LogP contribution in [0.15, 0.2) is 72.2 Å². The number of nitrogens with zero attached hydrogens (tertiary/aromatic N) is 3. The third kappa shape index (κ3) is 6.95. The van der Waals surface area contributed by atoms with Gasteiger partial charge in [-0.2, -0.15) is 0 Å². The van der Waals surface area contributed by atoms with Crippen LogP contribution in [0, 0.1) is 5.82 Å². The fourth-order valence-corrected chi connectivity index (χ4v) is 2.69. The molecule has 7 heteroatoms. The van der Waals surface area contributed by atoms with Gasteiger partial charge in [-0.1, -0.05) is 36.4 Å². The van der Waals surface area contributed by atoms with Crippen LogP contribution in [-0.2, 0) is 19.6 Å². The van der Waals surface area contributed by atoms with Gasteiger partial charge in [0.05, 0.1) is 12.9 Å². The smallest absolute Gasteiger partial charge is 0.191 e. The van der Waals surface area contributed by atoms with Crippen molar-refractivity contribution in [3.63, 3.8) is 0 Å². The maximum Gasteiger partial charge on any atom is 0.191 e. The quantitative estimate of drug-likeness (QED) is 0.298.